The standard InChI is InChI=1S/C14H22/c1-11(2)10-14(4,5)13-8-6-12(3)7-9-13/h6,8H,1,7,9-10H2,2-5H3. The number of hydrogen-bond donors (Lipinski definition) is 0. The second-order valence-electron chi connectivity index (χ2n) is 5.22. The van der Waals surface area contributed by atoms with Gasteiger partial charge in [0.25, 0.3) is 0 Å². The first-order valence-corrected chi connectivity index (χ1v) is 5.43. The SMILES string of the molecule is C=C(C)CC(C)(C)C1=CC=C(C)CC1. The van der Waals surface area contributed by atoms with Crippen molar-refractivity contribution in [3.8, 4) is 0 Å². The number of rotatable bonds is 3. The highest BCUT2D eigenvalue weighted by atomic mass is 14.3. The number of allylic oxidation sites excluding steroid dienone is 5. The first-order chi connectivity index (χ1) is 6.42. The van der Waals surface area contributed by atoms with Gasteiger partial charge in [0.1, 0.15) is 0 Å². The van der Waals surface area contributed by atoms with E-state index in [1.54, 1.807) is 5.57 Å². The van der Waals surface area contributed by atoms with E-state index >= 15 is 0 Å². The summed E-state index contributed by atoms with van der Waals surface area (Å²) in [5.74, 6) is 0. The summed E-state index contributed by atoms with van der Waals surface area (Å²) >= 11 is 0. The fourth-order valence-electron chi connectivity index (χ4n) is 2.17. The second-order valence-corrected chi connectivity index (χ2v) is 5.22. The Morgan fingerprint density at radius 3 is 2.43 bits per heavy atom. The average Bonchev–Trinajstić information content (AvgIpc) is 2.02. The zero-order valence-electron chi connectivity index (χ0n) is 9.98. The molecule has 0 aromatic heterocycles. The lowest BCUT2D eigenvalue weighted by molar-refractivity contribution is 0.424. The van der Waals surface area contributed by atoms with E-state index in [2.05, 4.69) is 46.4 Å². The summed E-state index contributed by atoms with van der Waals surface area (Å²) in [6.45, 7) is 13.0. The van der Waals surface area contributed by atoms with Crippen LogP contribution < -0.4 is 0 Å². The maximum Gasteiger partial charge on any atom is -0.0105 e. The predicted molar refractivity (Wildman–Crippen MR) is 64.3 cm³/mol. The van der Waals surface area contributed by atoms with Crippen LogP contribution in [0, 0.1) is 5.41 Å². The normalized spacial score (nSPS) is 17.4. The van der Waals surface area contributed by atoms with Gasteiger partial charge in [-0.2, -0.15) is 0 Å². The smallest absolute Gasteiger partial charge is 0.0105 e. The molecule has 0 unspecified atom stereocenters. The molecule has 0 aromatic carbocycles. The molecule has 0 heteroatoms. The third kappa shape index (κ3) is 2.87. The molecule has 0 aromatic rings. The molecular formula is C14H22. The third-order valence-corrected chi connectivity index (χ3v) is 2.97. The predicted octanol–water partition coefficient (Wildman–Crippen LogP) is 4.65. The lowest BCUT2D eigenvalue weighted by Crippen LogP contribution is -2.16. The molecule has 0 atom stereocenters. The molecular weight excluding hydrogens is 168 g/mol. The molecule has 0 heterocycles. The Kier molecular flexibility index (Phi) is 3.36. The van der Waals surface area contributed by atoms with Gasteiger partial charge in [0.15, 0.2) is 0 Å². The van der Waals surface area contributed by atoms with Crippen LogP contribution in [0.5, 0.6) is 0 Å². The van der Waals surface area contributed by atoms with Crippen molar-refractivity contribution in [3.63, 3.8) is 0 Å². The van der Waals surface area contributed by atoms with Crippen molar-refractivity contribution in [2.75, 3.05) is 0 Å². The average molecular weight is 190 g/mol. The van der Waals surface area contributed by atoms with Crippen molar-refractivity contribution < 1.29 is 0 Å². The molecule has 1 aliphatic rings. The molecule has 0 spiro atoms. The van der Waals surface area contributed by atoms with Crippen LogP contribution in [0.15, 0.2) is 35.5 Å². The van der Waals surface area contributed by atoms with Gasteiger partial charge in [0.2, 0.25) is 0 Å². The third-order valence-electron chi connectivity index (χ3n) is 2.97. The molecule has 14 heavy (non-hydrogen) atoms. The van der Waals surface area contributed by atoms with Gasteiger partial charge in [-0.15, -0.1) is 6.58 Å². The number of hydrogen-bond acceptors (Lipinski definition) is 0. The van der Waals surface area contributed by atoms with Crippen molar-refractivity contribution in [2.45, 2.75) is 47.0 Å². The summed E-state index contributed by atoms with van der Waals surface area (Å²) in [6, 6.07) is 0. The van der Waals surface area contributed by atoms with Crippen molar-refractivity contribution in [1.29, 1.82) is 0 Å². The van der Waals surface area contributed by atoms with Crippen LogP contribution in [0.2, 0.25) is 0 Å². The Morgan fingerprint density at radius 1 is 1.36 bits per heavy atom. The molecule has 0 N–H and O–H groups in total. The maximum absolute atomic E-state index is 4.01. The van der Waals surface area contributed by atoms with Crippen LogP contribution in [-0.2, 0) is 0 Å². The monoisotopic (exact) mass is 190 g/mol. The van der Waals surface area contributed by atoms with Gasteiger partial charge in [-0.3, -0.25) is 0 Å². The highest BCUT2D eigenvalue weighted by molar-refractivity contribution is 5.27. The van der Waals surface area contributed by atoms with Crippen molar-refractivity contribution in [3.05, 3.63) is 35.5 Å². The Balaban J connectivity index is 2.77. The van der Waals surface area contributed by atoms with Gasteiger partial charge in [-0.25, -0.2) is 0 Å². The van der Waals surface area contributed by atoms with Crippen LogP contribution >= 0.6 is 0 Å². The highest BCUT2D eigenvalue weighted by Crippen LogP contribution is 2.37. The van der Waals surface area contributed by atoms with E-state index in [9.17, 15) is 0 Å². The van der Waals surface area contributed by atoms with E-state index in [-0.39, 0.29) is 0 Å². The van der Waals surface area contributed by atoms with E-state index in [1.807, 2.05) is 0 Å². The van der Waals surface area contributed by atoms with E-state index in [1.165, 1.54) is 24.0 Å². The topological polar surface area (TPSA) is 0 Å². The van der Waals surface area contributed by atoms with Gasteiger partial charge in [-0.1, -0.05) is 42.7 Å². The van der Waals surface area contributed by atoms with Crippen LogP contribution in [0.25, 0.3) is 0 Å². The lowest BCUT2D eigenvalue weighted by Gasteiger charge is -2.30. The first-order valence-electron chi connectivity index (χ1n) is 5.43. The maximum atomic E-state index is 4.01. The van der Waals surface area contributed by atoms with Crippen molar-refractivity contribution in [2.24, 2.45) is 5.41 Å². The van der Waals surface area contributed by atoms with Crippen molar-refractivity contribution in [1.82, 2.24) is 0 Å². The van der Waals surface area contributed by atoms with Crippen LogP contribution in [0.4, 0.5) is 0 Å². The molecule has 78 valence electrons. The Labute approximate surface area is 88.4 Å². The second kappa shape index (κ2) is 4.16. The summed E-state index contributed by atoms with van der Waals surface area (Å²) in [7, 11) is 0. The molecule has 0 nitrogen and oxygen atoms in total. The van der Waals surface area contributed by atoms with Gasteiger partial charge in [0, 0.05) is 0 Å². The summed E-state index contributed by atoms with van der Waals surface area (Å²) in [6.07, 6.45) is 8.13. The molecule has 0 amide bonds. The molecule has 1 aliphatic carbocycles. The van der Waals surface area contributed by atoms with E-state index < -0.39 is 0 Å². The Bertz CT molecular complexity index is 287. The fourth-order valence-corrected chi connectivity index (χ4v) is 2.17. The highest BCUT2D eigenvalue weighted by Gasteiger charge is 2.23. The minimum atomic E-state index is 0.295. The largest absolute Gasteiger partial charge is 0.100 e. The molecule has 1 rings (SSSR count). The van der Waals surface area contributed by atoms with Gasteiger partial charge >= 0.3 is 0 Å². The molecule has 0 radical (unpaired) electrons. The van der Waals surface area contributed by atoms with Crippen molar-refractivity contribution >= 4 is 0 Å². The zero-order valence-corrected chi connectivity index (χ0v) is 9.98. The van der Waals surface area contributed by atoms with E-state index in [4.69, 9.17) is 0 Å². The summed E-state index contributed by atoms with van der Waals surface area (Å²) in [5.41, 5.74) is 4.65. The van der Waals surface area contributed by atoms with E-state index in [0.717, 1.165) is 6.42 Å². The van der Waals surface area contributed by atoms with E-state index in [0.29, 0.717) is 5.41 Å². The molecule has 0 bridgehead atoms. The minimum absolute atomic E-state index is 0.295. The van der Waals surface area contributed by atoms with Crippen LogP contribution in [0.3, 0.4) is 0 Å². The molecule has 0 fully saturated rings. The molecule has 0 saturated heterocycles. The summed E-state index contributed by atoms with van der Waals surface area (Å²) in [5, 5.41) is 0. The van der Waals surface area contributed by atoms with Gasteiger partial charge in [-0.05, 0) is 38.5 Å². The summed E-state index contributed by atoms with van der Waals surface area (Å²) in [4.78, 5) is 0. The van der Waals surface area contributed by atoms with Crippen LogP contribution in [-0.4, -0.2) is 0 Å². The first kappa shape index (κ1) is 11.3. The quantitative estimate of drug-likeness (QED) is 0.568. The Morgan fingerprint density at radius 2 is 2.00 bits per heavy atom. The van der Waals surface area contributed by atoms with Crippen LogP contribution in [0.1, 0.15) is 47.0 Å². The van der Waals surface area contributed by atoms with Gasteiger partial charge in [0.05, 0.1) is 0 Å². The fraction of sp³-hybridized carbons (Fsp3) is 0.571. The lowest BCUT2D eigenvalue weighted by atomic mass is 9.75. The zero-order chi connectivity index (χ0) is 10.8. The molecule has 0 aliphatic heterocycles. The summed E-state index contributed by atoms with van der Waals surface area (Å²) < 4.78 is 0. The van der Waals surface area contributed by atoms with Gasteiger partial charge < -0.3 is 0 Å². The Hall–Kier alpha value is -0.780. The molecule has 0 saturated carbocycles. The minimum Gasteiger partial charge on any atom is -0.100 e.